The van der Waals surface area contributed by atoms with E-state index in [0.29, 0.717) is 0 Å². The van der Waals surface area contributed by atoms with E-state index in [2.05, 4.69) is 43.8 Å². The monoisotopic (exact) mass is 350 g/mol. The van der Waals surface area contributed by atoms with Crippen molar-refractivity contribution in [3.63, 3.8) is 0 Å². The summed E-state index contributed by atoms with van der Waals surface area (Å²) < 4.78 is 0. The molecule has 5 rings (SSSR count). The molecule has 1 N–H and O–H groups in total. The van der Waals surface area contributed by atoms with Crippen molar-refractivity contribution in [3.8, 4) is 0 Å². The summed E-state index contributed by atoms with van der Waals surface area (Å²) in [7, 11) is 0. The summed E-state index contributed by atoms with van der Waals surface area (Å²) in [5.74, 6) is 2.01. The maximum Gasteiger partial charge on any atom is 0.203 e. The minimum atomic E-state index is 0.925. The molecule has 6 nitrogen and oxygen atoms in total. The highest BCUT2D eigenvalue weighted by molar-refractivity contribution is 7.18. The molecule has 0 amide bonds. The van der Waals surface area contributed by atoms with Gasteiger partial charge in [0.05, 0.1) is 16.4 Å². The topological polar surface area (TPSA) is 60.9 Å². The molecule has 1 aromatic carbocycles. The third kappa shape index (κ3) is 2.51. The van der Waals surface area contributed by atoms with Gasteiger partial charge in [0.25, 0.3) is 0 Å². The number of para-hydroxylation sites is 2. The van der Waals surface area contributed by atoms with Gasteiger partial charge < -0.3 is 14.8 Å². The lowest BCUT2D eigenvalue weighted by atomic mass is 10.2. The molecule has 1 fully saturated rings. The Kier molecular flexibility index (Phi) is 3.34. The molecule has 126 valence electrons. The summed E-state index contributed by atoms with van der Waals surface area (Å²) in [6, 6.07) is 10.4. The molecule has 0 bridgehead atoms. The second-order valence-corrected chi connectivity index (χ2v) is 7.56. The minimum Gasteiger partial charge on any atom is -0.352 e. The Morgan fingerprint density at radius 2 is 1.84 bits per heavy atom. The van der Waals surface area contributed by atoms with Gasteiger partial charge in [0.2, 0.25) is 5.95 Å². The highest BCUT2D eigenvalue weighted by Gasteiger charge is 2.22. The molecule has 1 aliphatic heterocycles. The first-order valence-electron chi connectivity index (χ1n) is 8.44. The number of nitrogens with one attached hydrogen (secondary N) is 1. The second kappa shape index (κ2) is 5.70. The van der Waals surface area contributed by atoms with Gasteiger partial charge in [-0.25, -0.2) is 15.0 Å². The fourth-order valence-corrected chi connectivity index (χ4v) is 4.28. The predicted octanol–water partition coefficient (Wildman–Crippen LogP) is 3.20. The Morgan fingerprint density at radius 3 is 2.68 bits per heavy atom. The number of benzene rings is 1. The van der Waals surface area contributed by atoms with Crippen LogP contribution in [-0.4, -0.2) is 46.1 Å². The smallest absolute Gasteiger partial charge is 0.203 e. The lowest BCUT2D eigenvalue weighted by molar-refractivity contribution is 0.639. The van der Waals surface area contributed by atoms with Crippen LogP contribution < -0.4 is 9.80 Å². The number of hydrogen-bond donors (Lipinski definition) is 1. The molecule has 0 radical (unpaired) electrons. The van der Waals surface area contributed by atoms with E-state index in [1.807, 2.05) is 18.2 Å². The van der Waals surface area contributed by atoms with Crippen LogP contribution >= 0.6 is 11.3 Å². The zero-order valence-corrected chi connectivity index (χ0v) is 14.8. The average Bonchev–Trinajstić information content (AvgIpc) is 3.24. The number of H-pyrrole nitrogens is 1. The molecule has 7 heteroatoms. The number of fused-ring (bicyclic) bond motifs is 2. The molecule has 4 aromatic rings. The first-order valence-corrected chi connectivity index (χ1v) is 9.25. The number of hydrogen-bond acceptors (Lipinski definition) is 6. The van der Waals surface area contributed by atoms with Crippen molar-refractivity contribution in [2.24, 2.45) is 0 Å². The molecular weight excluding hydrogens is 332 g/mol. The Balaban J connectivity index is 1.38. The number of piperazine rings is 1. The van der Waals surface area contributed by atoms with Crippen LogP contribution in [0.3, 0.4) is 0 Å². The van der Waals surface area contributed by atoms with E-state index in [1.54, 1.807) is 17.7 Å². The lowest BCUT2D eigenvalue weighted by Gasteiger charge is -2.35. The first kappa shape index (κ1) is 14.7. The average molecular weight is 350 g/mol. The number of thiophene rings is 1. The van der Waals surface area contributed by atoms with Crippen LogP contribution in [0.2, 0.25) is 0 Å². The molecule has 0 spiro atoms. The van der Waals surface area contributed by atoms with Gasteiger partial charge in [-0.05, 0) is 25.1 Å². The third-order valence-electron chi connectivity index (χ3n) is 4.69. The highest BCUT2D eigenvalue weighted by Crippen LogP contribution is 2.30. The van der Waals surface area contributed by atoms with Crippen molar-refractivity contribution < 1.29 is 0 Å². The van der Waals surface area contributed by atoms with Crippen molar-refractivity contribution in [2.75, 3.05) is 36.0 Å². The van der Waals surface area contributed by atoms with E-state index in [9.17, 15) is 0 Å². The molecular formula is C18H18N6S. The molecule has 0 aliphatic carbocycles. The summed E-state index contributed by atoms with van der Waals surface area (Å²) in [4.78, 5) is 24.1. The largest absolute Gasteiger partial charge is 0.352 e. The molecule has 0 saturated carbocycles. The molecule has 1 aliphatic rings. The fraction of sp³-hybridized carbons (Fsp3) is 0.278. The Morgan fingerprint density at radius 1 is 1.04 bits per heavy atom. The summed E-state index contributed by atoms with van der Waals surface area (Å²) in [5, 5.41) is 1.17. The lowest BCUT2D eigenvalue weighted by Crippen LogP contribution is -2.47. The van der Waals surface area contributed by atoms with Crippen LogP contribution in [0.15, 0.2) is 36.7 Å². The number of anilines is 2. The van der Waals surface area contributed by atoms with Crippen LogP contribution in [0.1, 0.15) is 4.88 Å². The molecule has 0 atom stereocenters. The quantitative estimate of drug-likeness (QED) is 0.601. The van der Waals surface area contributed by atoms with Crippen molar-refractivity contribution in [1.82, 2.24) is 19.9 Å². The number of rotatable bonds is 2. The summed E-state index contributed by atoms with van der Waals surface area (Å²) in [5.41, 5.74) is 2.11. The van der Waals surface area contributed by atoms with Crippen molar-refractivity contribution >= 4 is 44.4 Å². The zero-order chi connectivity index (χ0) is 16.8. The van der Waals surface area contributed by atoms with Gasteiger partial charge in [0.1, 0.15) is 17.0 Å². The van der Waals surface area contributed by atoms with Gasteiger partial charge in [-0.3, -0.25) is 0 Å². The Hall–Kier alpha value is -2.67. The number of nitrogens with zero attached hydrogens (tertiary/aromatic N) is 5. The van der Waals surface area contributed by atoms with Crippen LogP contribution in [0.4, 0.5) is 11.8 Å². The summed E-state index contributed by atoms with van der Waals surface area (Å²) >= 11 is 1.73. The second-order valence-electron chi connectivity index (χ2n) is 6.32. The molecule has 0 unspecified atom stereocenters. The van der Waals surface area contributed by atoms with Gasteiger partial charge in [0.15, 0.2) is 0 Å². The normalized spacial score (nSPS) is 15.4. The number of imidazole rings is 1. The van der Waals surface area contributed by atoms with Crippen molar-refractivity contribution in [2.45, 2.75) is 6.92 Å². The minimum absolute atomic E-state index is 0.925. The number of aromatic amines is 1. The molecule has 3 aromatic heterocycles. The van der Waals surface area contributed by atoms with Crippen LogP contribution in [-0.2, 0) is 0 Å². The van der Waals surface area contributed by atoms with E-state index >= 15 is 0 Å². The van der Waals surface area contributed by atoms with Crippen LogP contribution in [0.25, 0.3) is 21.3 Å². The third-order valence-corrected chi connectivity index (χ3v) is 5.65. The van der Waals surface area contributed by atoms with E-state index in [4.69, 9.17) is 4.98 Å². The van der Waals surface area contributed by atoms with Gasteiger partial charge in [-0.2, -0.15) is 0 Å². The maximum atomic E-state index is 4.72. The van der Waals surface area contributed by atoms with Gasteiger partial charge in [-0.15, -0.1) is 11.3 Å². The predicted molar refractivity (Wildman–Crippen MR) is 103 cm³/mol. The molecule has 25 heavy (non-hydrogen) atoms. The van der Waals surface area contributed by atoms with Gasteiger partial charge in [-0.1, -0.05) is 12.1 Å². The standard InChI is InChI=1S/C18H18N6S/c1-12-10-13-16(19-11-20-17(13)25-12)23-6-8-24(9-7-23)18-21-14-4-2-3-5-15(14)22-18/h2-5,10-11H,6-9H2,1H3,(H,21,22). The van der Waals surface area contributed by atoms with Crippen LogP contribution in [0.5, 0.6) is 0 Å². The number of aryl methyl sites for hydroxylation is 1. The number of aromatic nitrogens is 4. The SMILES string of the molecule is Cc1cc2c(N3CCN(c4nc5ccccc5[nH]4)CC3)ncnc2s1. The summed E-state index contributed by atoms with van der Waals surface area (Å²) in [6.45, 7) is 5.83. The van der Waals surface area contributed by atoms with E-state index in [-0.39, 0.29) is 0 Å². The van der Waals surface area contributed by atoms with Gasteiger partial charge in [0, 0.05) is 31.1 Å². The summed E-state index contributed by atoms with van der Waals surface area (Å²) in [6.07, 6.45) is 1.68. The van der Waals surface area contributed by atoms with Crippen LogP contribution in [0, 0.1) is 6.92 Å². The Bertz CT molecular complexity index is 1010. The van der Waals surface area contributed by atoms with E-state index < -0.39 is 0 Å². The fourth-order valence-electron chi connectivity index (χ4n) is 3.43. The van der Waals surface area contributed by atoms with Crippen molar-refractivity contribution in [1.29, 1.82) is 0 Å². The molecule has 4 heterocycles. The first-order chi connectivity index (χ1) is 12.3. The zero-order valence-electron chi connectivity index (χ0n) is 13.9. The van der Waals surface area contributed by atoms with Gasteiger partial charge >= 0.3 is 0 Å². The van der Waals surface area contributed by atoms with E-state index in [0.717, 1.165) is 53.8 Å². The Labute approximate surface area is 149 Å². The van der Waals surface area contributed by atoms with E-state index in [1.165, 1.54) is 10.3 Å². The van der Waals surface area contributed by atoms with Crippen molar-refractivity contribution in [3.05, 3.63) is 41.5 Å². The molecule has 1 saturated heterocycles. The highest BCUT2D eigenvalue weighted by atomic mass is 32.1. The maximum absolute atomic E-state index is 4.72.